The lowest BCUT2D eigenvalue weighted by Gasteiger charge is -1.99. The van der Waals surface area contributed by atoms with E-state index >= 15 is 0 Å². The van der Waals surface area contributed by atoms with Crippen LogP contribution < -0.4 is 0 Å². The predicted molar refractivity (Wildman–Crippen MR) is 50.5 cm³/mol. The van der Waals surface area contributed by atoms with Crippen molar-refractivity contribution in [1.29, 1.82) is 0 Å². The van der Waals surface area contributed by atoms with E-state index in [0.29, 0.717) is 10.7 Å². The average Bonchev–Trinajstić information content (AvgIpc) is 2.10. The fourth-order valence-corrected chi connectivity index (χ4v) is 1.14. The van der Waals surface area contributed by atoms with Crippen molar-refractivity contribution in [3.63, 3.8) is 0 Å². The molecule has 1 aromatic rings. The second kappa shape index (κ2) is 4.33. The fourth-order valence-electron chi connectivity index (χ4n) is 0.804. The molecule has 0 fully saturated rings. The molecule has 0 saturated carbocycles. The van der Waals surface area contributed by atoms with Gasteiger partial charge in [-0.1, -0.05) is 28.9 Å². The molecular weight excluding hydrogens is 197 g/mol. The minimum Gasteiger partial charge on any atom is -0.411 e. The van der Waals surface area contributed by atoms with Crippen molar-refractivity contribution >= 4 is 28.9 Å². The first-order valence-corrected chi connectivity index (χ1v) is 4.22. The van der Waals surface area contributed by atoms with Crippen LogP contribution in [0.1, 0.15) is 5.56 Å². The third-order valence-electron chi connectivity index (χ3n) is 1.42. The SMILES string of the molecule is O/N=C(\CCl)c1ccc(Cl)cc1. The lowest BCUT2D eigenvalue weighted by atomic mass is 10.1. The maximum absolute atomic E-state index is 8.52. The van der Waals surface area contributed by atoms with E-state index in [0.717, 1.165) is 5.56 Å². The summed E-state index contributed by atoms with van der Waals surface area (Å²) in [6.07, 6.45) is 0. The summed E-state index contributed by atoms with van der Waals surface area (Å²) in [6.45, 7) is 0. The Morgan fingerprint density at radius 2 is 1.92 bits per heavy atom. The molecule has 0 radical (unpaired) electrons. The normalized spacial score (nSPS) is 11.7. The van der Waals surface area contributed by atoms with Crippen LogP contribution in [0.15, 0.2) is 29.4 Å². The van der Waals surface area contributed by atoms with Crippen LogP contribution in [-0.4, -0.2) is 16.8 Å². The number of benzene rings is 1. The van der Waals surface area contributed by atoms with Gasteiger partial charge >= 0.3 is 0 Å². The van der Waals surface area contributed by atoms with Crippen molar-refractivity contribution in [2.45, 2.75) is 0 Å². The molecule has 0 saturated heterocycles. The summed E-state index contributed by atoms with van der Waals surface area (Å²) < 4.78 is 0. The zero-order valence-electron chi connectivity index (χ0n) is 6.17. The second-order valence-corrected chi connectivity index (χ2v) is 2.89. The summed E-state index contributed by atoms with van der Waals surface area (Å²) in [7, 11) is 0. The monoisotopic (exact) mass is 203 g/mol. The zero-order chi connectivity index (χ0) is 8.97. The van der Waals surface area contributed by atoms with Gasteiger partial charge in [0.25, 0.3) is 0 Å². The molecule has 0 amide bonds. The van der Waals surface area contributed by atoms with E-state index < -0.39 is 0 Å². The Hall–Kier alpha value is -0.730. The Labute approximate surface area is 80.4 Å². The largest absolute Gasteiger partial charge is 0.411 e. The Bertz CT molecular complexity index is 282. The van der Waals surface area contributed by atoms with E-state index in [1.165, 1.54) is 0 Å². The molecule has 0 bridgehead atoms. The Morgan fingerprint density at radius 3 is 2.33 bits per heavy atom. The lowest BCUT2D eigenvalue weighted by Crippen LogP contribution is -2.01. The second-order valence-electron chi connectivity index (χ2n) is 2.19. The number of oxime groups is 1. The van der Waals surface area contributed by atoms with Crippen LogP contribution in [0.2, 0.25) is 5.02 Å². The third-order valence-corrected chi connectivity index (χ3v) is 1.93. The molecule has 0 heterocycles. The zero-order valence-corrected chi connectivity index (χ0v) is 7.68. The highest BCUT2D eigenvalue weighted by Crippen LogP contribution is 2.10. The van der Waals surface area contributed by atoms with Crippen LogP contribution in [0, 0.1) is 0 Å². The van der Waals surface area contributed by atoms with E-state index in [9.17, 15) is 0 Å². The lowest BCUT2D eigenvalue weighted by molar-refractivity contribution is 0.319. The first-order valence-electron chi connectivity index (χ1n) is 3.30. The fraction of sp³-hybridized carbons (Fsp3) is 0.125. The smallest absolute Gasteiger partial charge is 0.101 e. The van der Waals surface area contributed by atoms with Crippen molar-refractivity contribution < 1.29 is 5.21 Å². The van der Waals surface area contributed by atoms with E-state index in [1.54, 1.807) is 24.3 Å². The van der Waals surface area contributed by atoms with Gasteiger partial charge in [-0.15, -0.1) is 11.6 Å². The average molecular weight is 204 g/mol. The number of alkyl halides is 1. The molecule has 0 aliphatic carbocycles. The number of hydrogen-bond acceptors (Lipinski definition) is 2. The topological polar surface area (TPSA) is 32.6 Å². The van der Waals surface area contributed by atoms with E-state index in [4.69, 9.17) is 28.4 Å². The molecule has 2 nitrogen and oxygen atoms in total. The molecule has 0 spiro atoms. The Balaban J connectivity index is 2.96. The van der Waals surface area contributed by atoms with E-state index in [2.05, 4.69) is 5.16 Å². The van der Waals surface area contributed by atoms with Crippen molar-refractivity contribution in [2.75, 3.05) is 5.88 Å². The molecule has 4 heteroatoms. The number of halogens is 2. The number of hydrogen-bond donors (Lipinski definition) is 1. The highest BCUT2D eigenvalue weighted by Gasteiger charge is 2.01. The third kappa shape index (κ3) is 2.13. The summed E-state index contributed by atoms with van der Waals surface area (Å²) in [5, 5.41) is 12.2. The maximum Gasteiger partial charge on any atom is 0.101 e. The van der Waals surface area contributed by atoms with Crippen LogP contribution in [0.25, 0.3) is 0 Å². The number of nitrogens with zero attached hydrogens (tertiary/aromatic N) is 1. The van der Waals surface area contributed by atoms with Gasteiger partial charge in [0.1, 0.15) is 5.71 Å². The molecule has 0 unspecified atom stereocenters. The minimum atomic E-state index is 0.179. The summed E-state index contributed by atoms with van der Waals surface area (Å²) in [5.74, 6) is 0.179. The molecule has 64 valence electrons. The standard InChI is InChI=1S/C8H7Cl2NO/c9-5-8(11-12)6-1-3-7(10)4-2-6/h1-4,12H,5H2/b11-8+. The molecule has 0 aliphatic heterocycles. The van der Waals surface area contributed by atoms with Crippen LogP contribution >= 0.6 is 23.2 Å². The van der Waals surface area contributed by atoms with Crippen LogP contribution in [0.4, 0.5) is 0 Å². The van der Waals surface area contributed by atoms with Gasteiger partial charge in [0.2, 0.25) is 0 Å². The van der Waals surface area contributed by atoms with Crippen LogP contribution in [0.5, 0.6) is 0 Å². The molecule has 0 atom stereocenters. The maximum atomic E-state index is 8.52. The van der Waals surface area contributed by atoms with Gasteiger partial charge in [-0.2, -0.15) is 0 Å². The molecule has 1 aromatic carbocycles. The van der Waals surface area contributed by atoms with Crippen molar-refractivity contribution in [3.8, 4) is 0 Å². The highest BCUT2D eigenvalue weighted by atomic mass is 35.5. The number of rotatable bonds is 2. The van der Waals surface area contributed by atoms with Crippen molar-refractivity contribution in [2.24, 2.45) is 5.16 Å². The van der Waals surface area contributed by atoms with Crippen molar-refractivity contribution in [1.82, 2.24) is 0 Å². The van der Waals surface area contributed by atoms with Gasteiger partial charge < -0.3 is 5.21 Å². The summed E-state index contributed by atoms with van der Waals surface area (Å²) in [5.41, 5.74) is 1.21. The Morgan fingerprint density at radius 1 is 1.33 bits per heavy atom. The summed E-state index contributed by atoms with van der Waals surface area (Å²) in [6, 6.07) is 6.93. The van der Waals surface area contributed by atoms with Crippen molar-refractivity contribution in [3.05, 3.63) is 34.9 Å². The van der Waals surface area contributed by atoms with Gasteiger partial charge in [0, 0.05) is 10.6 Å². The van der Waals surface area contributed by atoms with E-state index in [-0.39, 0.29) is 5.88 Å². The summed E-state index contributed by atoms with van der Waals surface area (Å²) >= 11 is 11.2. The van der Waals surface area contributed by atoms with Crippen LogP contribution in [-0.2, 0) is 0 Å². The van der Waals surface area contributed by atoms with Crippen LogP contribution in [0.3, 0.4) is 0 Å². The molecule has 0 aliphatic rings. The predicted octanol–water partition coefficient (Wildman–Crippen LogP) is 2.76. The first-order chi connectivity index (χ1) is 5.77. The highest BCUT2D eigenvalue weighted by molar-refractivity contribution is 6.32. The molecular formula is C8H7Cl2NO. The molecule has 1 N–H and O–H groups in total. The summed E-state index contributed by atoms with van der Waals surface area (Å²) in [4.78, 5) is 0. The molecule has 0 aromatic heterocycles. The van der Waals surface area contributed by atoms with E-state index in [1.807, 2.05) is 0 Å². The van der Waals surface area contributed by atoms with Gasteiger partial charge in [-0.3, -0.25) is 0 Å². The van der Waals surface area contributed by atoms with Gasteiger partial charge in [0.05, 0.1) is 5.88 Å². The van der Waals surface area contributed by atoms with Gasteiger partial charge in [-0.25, -0.2) is 0 Å². The minimum absolute atomic E-state index is 0.179. The molecule has 1 rings (SSSR count). The Kier molecular flexibility index (Phi) is 3.38. The van der Waals surface area contributed by atoms with Gasteiger partial charge in [-0.05, 0) is 12.1 Å². The quantitative estimate of drug-likeness (QED) is 0.341. The molecule has 12 heavy (non-hydrogen) atoms. The van der Waals surface area contributed by atoms with Gasteiger partial charge in [0.15, 0.2) is 0 Å². The first kappa shape index (κ1) is 9.36.